The third-order valence-electron chi connectivity index (χ3n) is 7.65. The molecule has 1 aromatic heterocycles. The predicted octanol–water partition coefficient (Wildman–Crippen LogP) is 1.43. The van der Waals surface area contributed by atoms with Crippen molar-refractivity contribution in [2.75, 3.05) is 57.9 Å². The van der Waals surface area contributed by atoms with Gasteiger partial charge in [0.2, 0.25) is 11.8 Å². The highest BCUT2D eigenvalue weighted by molar-refractivity contribution is 5.98. The molecule has 0 unspecified atom stereocenters. The van der Waals surface area contributed by atoms with Crippen molar-refractivity contribution in [1.82, 2.24) is 20.1 Å². The molecule has 0 aliphatic carbocycles. The van der Waals surface area contributed by atoms with Gasteiger partial charge in [0.05, 0.1) is 24.3 Å². The van der Waals surface area contributed by atoms with Crippen molar-refractivity contribution in [3.05, 3.63) is 59.4 Å². The van der Waals surface area contributed by atoms with Crippen LogP contribution in [0, 0.1) is 0 Å². The van der Waals surface area contributed by atoms with Gasteiger partial charge < -0.3 is 19.9 Å². The second-order valence-electron chi connectivity index (χ2n) is 10.3. The van der Waals surface area contributed by atoms with Gasteiger partial charge in [-0.05, 0) is 18.6 Å². The average molecular weight is 478 g/mol. The second-order valence-corrected chi connectivity index (χ2v) is 10.3. The Hall–Kier alpha value is -2.81. The number of hydrogen-bond acceptors (Lipinski definition) is 6. The minimum Gasteiger partial charge on any atom is -0.383 e. The smallest absolute Gasteiger partial charge is 0.241 e. The molecule has 0 radical (unpaired) electrons. The number of pyridine rings is 1. The van der Waals surface area contributed by atoms with Crippen molar-refractivity contribution in [3.63, 3.8) is 0 Å². The quantitative estimate of drug-likeness (QED) is 0.678. The van der Waals surface area contributed by atoms with Gasteiger partial charge in [-0.3, -0.25) is 19.5 Å². The van der Waals surface area contributed by atoms with E-state index >= 15 is 0 Å². The van der Waals surface area contributed by atoms with Crippen LogP contribution in [0.25, 0.3) is 0 Å². The maximum absolute atomic E-state index is 13.8. The molecule has 2 atom stereocenters. The number of fused-ring (bicyclic) bond motifs is 2. The fraction of sp³-hybridized carbons (Fsp3) is 0.519. The zero-order valence-electron chi connectivity index (χ0n) is 20.9. The Labute approximate surface area is 207 Å². The minimum atomic E-state index is -0.225. The Morgan fingerprint density at radius 1 is 1.20 bits per heavy atom. The van der Waals surface area contributed by atoms with E-state index in [0.717, 1.165) is 30.0 Å². The molecule has 5 rings (SSSR count). The third kappa shape index (κ3) is 4.70. The number of carbonyl (C=O) groups excluding carboxylic acids is 2. The van der Waals surface area contributed by atoms with Crippen LogP contribution in [0.3, 0.4) is 0 Å². The molecule has 1 N–H and O–H groups in total. The molecule has 1 aromatic carbocycles. The number of methoxy groups -OCH3 is 1. The highest BCUT2D eigenvalue weighted by atomic mass is 16.5. The van der Waals surface area contributed by atoms with E-state index in [1.54, 1.807) is 14.0 Å². The predicted molar refractivity (Wildman–Crippen MR) is 134 cm³/mol. The molecular formula is C27H35N5O3. The SMILES string of the molecule is COC[C@H]1CN[C@H](C)CN1CC(=O)N1CC2(CN(C(C)=O)C2)c2cnc(Cc3ccccc3)cc21. The molecule has 0 saturated carbocycles. The average Bonchev–Trinajstić information content (AvgIpc) is 3.16. The zero-order valence-corrected chi connectivity index (χ0v) is 20.9. The van der Waals surface area contributed by atoms with Crippen molar-refractivity contribution in [3.8, 4) is 0 Å². The van der Waals surface area contributed by atoms with Crippen LogP contribution >= 0.6 is 0 Å². The normalized spacial score (nSPS) is 23.3. The standard InChI is InChI=1S/C27H35N5O3/c1-19-13-30(23(11-28-19)15-35-3)14-26(34)32-18-27(16-31(17-27)20(2)33)24-12-29-22(10-25(24)32)9-21-7-5-4-6-8-21/h4-8,10,12,19,23,28H,9,11,13-18H2,1-3H3/t19-,23-/m1/s1. The number of amides is 2. The molecule has 2 fully saturated rings. The lowest BCUT2D eigenvalue weighted by Gasteiger charge is -2.48. The fourth-order valence-electron chi connectivity index (χ4n) is 5.73. The minimum absolute atomic E-state index is 0.0767. The molecule has 4 heterocycles. The van der Waals surface area contributed by atoms with Crippen molar-refractivity contribution < 1.29 is 14.3 Å². The Morgan fingerprint density at radius 2 is 1.97 bits per heavy atom. The van der Waals surface area contributed by atoms with Gasteiger partial charge in [-0.2, -0.15) is 0 Å². The number of nitrogens with zero attached hydrogens (tertiary/aromatic N) is 4. The number of anilines is 1. The Kier molecular flexibility index (Phi) is 6.61. The number of likely N-dealkylation sites (tertiary alicyclic amines) is 1. The van der Waals surface area contributed by atoms with Crippen molar-refractivity contribution in [2.24, 2.45) is 0 Å². The van der Waals surface area contributed by atoms with E-state index in [4.69, 9.17) is 9.72 Å². The summed E-state index contributed by atoms with van der Waals surface area (Å²) in [4.78, 5) is 36.5. The van der Waals surface area contributed by atoms with Gasteiger partial charge >= 0.3 is 0 Å². The van der Waals surface area contributed by atoms with Crippen LogP contribution in [0.2, 0.25) is 0 Å². The maximum atomic E-state index is 13.8. The molecule has 8 nitrogen and oxygen atoms in total. The molecule has 2 amide bonds. The third-order valence-corrected chi connectivity index (χ3v) is 7.65. The van der Waals surface area contributed by atoms with Gasteiger partial charge in [-0.1, -0.05) is 30.3 Å². The molecule has 3 aliphatic rings. The van der Waals surface area contributed by atoms with E-state index in [1.165, 1.54) is 5.56 Å². The topological polar surface area (TPSA) is 78.0 Å². The molecule has 3 aliphatic heterocycles. The highest BCUT2D eigenvalue weighted by Crippen LogP contribution is 2.46. The van der Waals surface area contributed by atoms with E-state index in [9.17, 15) is 9.59 Å². The van der Waals surface area contributed by atoms with Crippen LogP contribution < -0.4 is 10.2 Å². The lowest BCUT2D eigenvalue weighted by molar-refractivity contribution is -0.136. The molecule has 2 saturated heterocycles. The number of aromatic nitrogens is 1. The Bertz CT molecular complexity index is 1090. The molecule has 35 heavy (non-hydrogen) atoms. The molecule has 2 aromatic rings. The van der Waals surface area contributed by atoms with E-state index in [2.05, 4.69) is 35.3 Å². The van der Waals surface area contributed by atoms with Crippen LogP contribution in [-0.4, -0.2) is 91.7 Å². The summed E-state index contributed by atoms with van der Waals surface area (Å²) in [5, 5.41) is 3.49. The number of hydrogen-bond donors (Lipinski definition) is 1. The summed E-state index contributed by atoms with van der Waals surface area (Å²) in [6, 6.07) is 12.8. The molecule has 0 bridgehead atoms. The molecule has 186 valence electrons. The summed E-state index contributed by atoms with van der Waals surface area (Å²) in [6.45, 7) is 8.17. The van der Waals surface area contributed by atoms with Crippen LogP contribution in [-0.2, 0) is 26.2 Å². The Morgan fingerprint density at radius 3 is 2.69 bits per heavy atom. The van der Waals surface area contributed by atoms with Gasteiger partial charge in [-0.15, -0.1) is 0 Å². The first-order valence-electron chi connectivity index (χ1n) is 12.4. The van der Waals surface area contributed by atoms with Crippen LogP contribution in [0.5, 0.6) is 0 Å². The largest absolute Gasteiger partial charge is 0.383 e. The van der Waals surface area contributed by atoms with E-state index in [-0.39, 0.29) is 23.3 Å². The lowest BCUT2D eigenvalue weighted by Crippen LogP contribution is -2.63. The maximum Gasteiger partial charge on any atom is 0.241 e. The van der Waals surface area contributed by atoms with Crippen molar-refractivity contribution >= 4 is 17.5 Å². The summed E-state index contributed by atoms with van der Waals surface area (Å²) in [7, 11) is 1.71. The van der Waals surface area contributed by atoms with E-state index < -0.39 is 0 Å². The highest BCUT2D eigenvalue weighted by Gasteiger charge is 2.53. The summed E-state index contributed by atoms with van der Waals surface area (Å²) in [5.41, 5.74) is 3.94. The number of ether oxygens (including phenoxy) is 1. The summed E-state index contributed by atoms with van der Waals surface area (Å²) in [5.74, 6) is 0.171. The van der Waals surface area contributed by atoms with Crippen molar-refractivity contribution in [1.29, 1.82) is 0 Å². The fourth-order valence-corrected chi connectivity index (χ4v) is 5.73. The van der Waals surface area contributed by atoms with Gasteiger partial charge in [-0.25, -0.2) is 0 Å². The first kappa shape index (κ1) is 23.9. The number of carbonyl (C=O) groups is 2. The number of rotatable bonds is 6. The van der Waals surface area contributed by atoms with Crippen LogP contribution in [0.4, 0.5) is 5.69 Å². The van der Waals surface area contributed by atoms with Gasteiger partial charge in [0.1, 0.15) is 0 Å². The first-order valence-corrected chi connectivity index (χ1v) is 12.4. The number of nitrogens with one attached hydrogen (secondary N) is 1. The summed E-state index contributed by atoms with van der Waals surface area (Å²) < 4.78 is 5.42. The van der Waals surface area contributed by atoms with Crippen molar-refractivity contribution in [2.45, 2.75) is 37.8 Å². The van der Waals surface area contributed by atoms with E-state index in [1.807, 2.05) is 34.2 Å². The first-order chi connectivity index (χ1) is 16.9. The number of benzene rings is 1. The Balaban J connectivity index is 1.41. The zero-order chi connectivity index (χ0) is 24.6. The summed E-state index contributed by atoms with van der Waals surface area (Å²) in [6.07, 6.45) is 2.66. The van der Waals surface area contributed by atoms with Gasteiger partial charge in [0, 0.05) is 82.7 Å². The molecular weight excluding hydrogens is 442 g/mol. The second kappa shape index (κ2) is 9.68. The number of piperazine rings is 1. The molecule has 1 spiro atoms. The van der Waals surface area contributed by atoms with Gasteiger partial charge in [0.15, 0.2) is 0 Å². The lowest BCUT2D eigenvalue weighted by atomic mass is 9.76. The van der Waals surface area contributed by atoms with Crippen LogP contribution in [0.15, 0.2) is 42.6 Å². The summed E-state index contributed by atoms with van der Waals surface area (Å²) >= 11 is 0. The van der Waals surface area contributed by atoms with Gasteiger partial charge in [0.25, 0.3) is 0 Å². The van der Waals surface area contributed by atoms with E-state index in [0.29, 0.717) is 45.2 Å². The molecule has 8 heteroatoms. The van der Waals surface area contributed by atoms with Crippen LogP contribution in [0.1, 0.15) is 30.7 Å². The monoisotopic (exact) mass is 477 g/mol.